The number of alkyl halides is 6. The SMILES string of the molecule is FC(F)(F)n1nnnc1C(Cl)(Cl)Cl. The lowest BCUT2D eigenvalue weighted by Crippen LogP contribution is -2.24. The Morgan fingerprint density at radius 1 is 1.15 bits per heavy atom. The fraction of sp³-hybridized carbons (Fsp3) is 0.667. The molecule has 0 spiro atoms. The van der Waals surface area contributed by atoms with Crippen molar-refractivity contribution in [2.24, 2.45) is 0 Å². The van der Waals surface area contributed by atoms with Crippen LogP contribution in [0, 0.1) is 0 Å². The van der Waals surface area contributed by atoms with Gasteiger partial charge >= 0.3 is 6.30 Å². The molecule has 0 aliphatic heterocycles. The second-order valence-electron chi connectivity index (χ2n) is 1.88. The van der Waals surface area contributed by atoms with Crippen LogP contribution in [0.3, 0.4) is 0 Å². The number of halogens is 6. The molecule has 1 aromatic rings. The molecule has 0 aromatic carbocycles. The van der Waals surface area contributed by atoms with Gasteiger partial charge in [-0.3, -0.25) is 0 Å². The normalized spacial score (nSPS) is 13.4. The molecule has 0 bridgehead atoms. The van der Waals surface area contributed by atoms with E-state index in [1.54, 1.807) is 0 Å². The Hall–Kier alpha value is -0.270. The number of hydrogen-bond donors (Lipinski definition) is 0. The molecule has 0 atom stereocenters. The molecule has 0 aliphatic carbocycles. The van der Waals surface area contributed by atoms with E-state index in [-0.39, 0.29) is 0 Å². The van der Waals surface area contributed by atoms with E-state index in [4.69, 9.17) is 34.8 Å². The Bertz CT molecular complexity index is 273. The van der Waals surface area contributed by atoms with E-state index in [2.05, 4.69) is 15.5 Å². The van der Waals surface area contributed by atoms with E-state index in [0.29, 0.717) is 0 Å². The first kappa shape index (κ1) is 10.8. The maximum Gasteiger partial charge on any atom is 0.507 e. The van der Waals surface area contributed by atoms with Gasteiger partial charge in [-0.1, -0.05) is 34.8 Å². The Labute approximate surface area is 84.6 Å². The van der Waals surface area contributed by atoms with Gasteiger partial charge in [0.05, 0.1) is 0 Å². The molecule has 4 nitrogen and oxygen atoms in total. The molecule has 0 N–H and O–H groups in total. The van der Waals surface area contributed by atoms with Crippen LogP contribution in [-0.2, 0) is 10.1 Å². The van der Waals surface area contributed by atoms with Gasteiger partial charge in [-0.15, -0.1) is 23.0 Å². The topological polar surface area (TPSA) is 43.6 Å². The van der Waals surface area contributed by atoms with Crippen LogP contribution in [0.4, 0.5) is 13.2 Å². The minimum absolute atomic E-state index is 0.514. The number of tetrazole rings is 1. The summed E-state index contributed by atoms with van der Waals surface area (Å²) < 4.78 is 33.3. The molecule has 13 heavy (non-hydrogen) atoms. The molecular formula is C3Cl3F3N4. The summed E-state index contributed by atoms with van der Waals surface area (Å²) in [4.78, 5) is 0. The Balaban J connectivity index is 3.19. The van der Waals surface area contributed by atoms with Crippen LogP contribution in [0.1, 0.15) is 5.82 Å². The third-order valence-corrected chi connectivity index (χ3v) is 1.47. The third kappa shape index (κ3) is 2.35. The molecule has 0 saturated heterocycles. The quantitative estimate of drug-likeness (QED) is 0.666. The molecule has 0 amide bonds. The summed E-state index contributed by atoms with van der Waals surface area (Å²) in [5.74, 6) is -0.898. The van der Waals surface area contributed by atoms with Gasteiger partial charge in [0.15, 0.2) is 0 Å². The van der Waals surface area contributed by atoms with Crippen LogP contribution >= 0.6 is 34.8 Å². The van der Waals surface area contributed by atoms with Crippen molar-refractivity contribution >= 4 is 34.8 Å². The maximum absolute atomic E-state index is 12.1. The lowest BCUT2D eigenvalue weighted by atomic mass is 10.7. The minimum Gasteiger partial charge on any atom is -0.149 e. The van der Waals surface area contributed by atoms with Gasteiger partial charge in [0.2, 0.25) is 5.82 Å². The summed E-state index contributed by atoms with van der Waals surface area (Å²) in [5, 5.41) is 8.32. The van der Waals surface area contributed by atoms with Crippen molar-refractivity contribution in [2.45, 2.75) is 10.1 Å². The standard InChI is InChI=1S/C3Cl3F3N4/c4-2(5,6)1-10-11-12-13(1)3(7,8)9. The first-order valence-corrected chi connectivity index (χ1v) is 3.79. The van der Waals surface area contributed by atoms with Crippen molar-refractivity contribution in [3.05, 3.63) is 5.82 Å². The van der Waals surface area contributed by atoms with E-state index in [1.165, 1.54) is 0 Å². The zero-order valence-electron chi connectivity index (χ0n) is 5.56. The molecule has 0 saturated carbocycles. The van der Waals surface area contributed by atoms with Crippen LogP contribution in [-0.4, -0.2) is 20.2 Å². The molecule has 1 rings (SSSR count). The predicted molar refractivity (Wildman–Crippen MR) is 38.4 cm³/mol. The van der Waals surface area contributed by atoms with Gasteiger partial charge in [0.25, 0.3) is 3.79 Å². The molecule has 0 aliphatic rings. The lowest BCUT2D eigenvalue weighted by Gasteiger charge is -2.12. The predicted octanol–water partition coefficient (Wildman–Crippen LogP) is 1.98. The highest BCUT2D eigenvalue weighted by atomic mass is 35.6. The van der Waals surface area contributed by atoms with Crippen LogP contribution < -0.4 is 0 Å². The second-order valence-corrected chi connectivity index (χ2v) is 4.16. The molecule has 10 heteroatoms. The molecule has 74 valence electrons. The summed E-state index contributed by atoms with van der Waals surface area (Å²) in [6, 6.07) is 0. The van der Waals surface area contributed by atoms with E-state index in [9.17, 15) is 13.2 Å². The fourth-order valence-corrected chi connectivity index (χ4v) is 0.888. The highest BCUT2D eigenvalue weighted by Crippen LogP contribution is 2.38. The van der Waals surface area contributed by atoms with Crippen LogP contribution in [0.5, 0.6) is 0 Å². The molecule has 1 aromatic heterocycles. The summed E-state index contributed by atoms with van der Waals surface area (Å²) in [6.45, 7) is 0. The van der Waals surface area contributed by atoms with Crippen molar-refractivity contribution in [1.29, 1.82) is 0 Å². The molecule has 0 unspecified atom stereocenters. The first-order valence-electron chi connectivity index (χ1n) is 2.65. The van der Waals surface area contributed by atoms with Gasteiger partial charge in [0.1, 0.15) is 0 Å². The number of hydrogen-bond acceptors (Lipinski definition) is 3. The molecule has 0 fully saturated rings. The van der Waals surface area contributed by atoms with E-state index < -0.39 is 20.6 Å². The summed E-state index contributed by atoms with van der Waals surface area (Å²) >= 11 is 15.5. The van der Waals surface area contributed by atoms with Crippen molar-refractivity contribution in [2.75, 3.05) is 0 Å². The van der Waals surface area contributed by atoms with Gasteiger partial charge in [0, 0.05) is 0 Å². The van der Waals surface area contributed by atoms with E-state index in [0.717, 1.165) is 0 Å². The zero-order valence-corrected chi connectivity index (χ0v) is 7.82. The van der Waals surface area contributed by atoms with Crippen molar-refractivity contribution in [3.8, 4) is 0 Å². The molecule has 0 radical (unpaired) electrons. The van der Waals surface area contributed by atoms with Crippen LogP contribution in [0.15, 0.2) is 0 Å². The van der Waals surface area contributed by atoms with Crippen molar-refractivity contribution in [3.63, 3.8) is 0 Å². The number of aromatic nitrogens is 4. The highest BCUT2D eigenvalue weighted by molar-refractivity contribution is 6.66. The summed E-state index contributed by atoms with van der Waals surface area (Å²) in [5.41, 5.74) is 0. The van der Waals surface area contributed by atoms with Crippen LogP contribution in [0.25, 0.3) is 0 Å². The average Bonchev–Trinajstić information content (AvgIpc) is 2.27. The summed E-state index contributed by atoms with van der Waals surface area (Å²) in [6.07, 6.45) is -4.80. The lowest BCUT2D eigenvalue weighted by molar-refractivity contribution is -0.214. The average molecular weight is 255 g/mol. The third-order valence-electron chi connectivity index (χ3n) is 0.963. The summed E-state index contributed by atoms with van der Waals surface area (Å²) in [7, 11) is 0. The number of rotatable bonds is 0. The van der Waals surface area contributed by atoms with Crippen molar-refractivity contribution < 1.29 is 13.2 Å². The Morgan fingerprint density at radius 3 is 2.00 bits per heavy atom. The Kier molecular flexibility index (Phi) is 2.61. The monoisotopic (exact) mass is 254 g/mol. The van der Waals surface area contributed by atoms with E-state index in [1.807, 2.05) is 0 Å². The maximum atomic E-state index is 12.1. The minimum atomic E-state index is -4.80. The first-order chi connectivity index (χ1) is 5.73. The number of nitrogens with zero attached hydrogens (tertiary/aromatic N) is 4. The zero-order chi connectivity index (χ0) is 10.3. The fourth-order valence-electron chi connectivity index (χ4n) is 0.535. The largest absolute Gasteiger partial charge is 0.507 e. The smallest absolute Gasteiger partial charge is 0.149 e. The van der Waals surface area contributed by atoms with Gasteiger partial charge in [-0.2, -0.15) is 0 Å². The van der Waals surface area contributed by atoms with Gasteiger partial charge in [-0.25, -0.2) is 0 Å². The van der Waals surface area contributed by atoms with Crippen molar-refractivity contribution in [1.82, 2.24) is 20.2 Å². The second kappa shape index (κ2) is 3.14. The Morgan fingerprint density at radius 2 is 1.69 bits per heavy atom. The van der Waals surface area contributed by atoms with Crippen LogP contribution in [0.2, 0.25) is 0 Å². The molecular weight excluding hydrogens is 255 g/mol. The molecule has 1 heterocycles. The van der Waals surface area contributed by atoms with Gasteiger partial charge < -0.3 is 0 Å². The van der Waals surface area contributed by atoms with E-state index >= 15 is 0 Å². The van der Waals surface area contributed by atoms with Gasteiger partial charge in [-0.05, 0) is 10.4 Å². The highest BCUT2D eigenvalue weighted by Gasteiger charge is 2.42.